The van der Waals surface area contributed by atoms with Crippen molar-refractivity contribution < 1.29 is 9.47 Å². The van der Waals surface area contributed by atoms with E-state index in [1.165, 1.54) is 7.11 Å². The molecule has 0 bridgehead atoms. The third-order valence-electron chi connectivity index (χ3n) is 3.69. The molecule has 1 aromatic carbocycles. The largest absolute Gasteiger partial charge is 0.497 e. The molecule has 0 spiro atoms. The van der Waals surface area contributed by atoms with E-state index in [4.69, 9.17) is 9.47 Å². The second-order valence-corrected chi connectivity index (χ2v) is 4.76. The van der Waals surface area contributed by atoms with Crippen LogP contribution in [0.1, 0.15) is 18.2 Å². The molecular weight excluding hydrogens is 280 g/mol. The summed E-state index contributed by atoms with van der Waals surface area (Å²) in [6.45, 7) is 4.22. The van der Waals surface area contributed by atoms with Crippen molar-refractivity contribution in [1.82, 2.24) is 4.57 Å². The molecule has 0 saturated carbocycles. The Bertz CT molecular complexity index is 784. The third-order valence-corrected chi connectivity index (χ3v) is 3.69. The number of hydrogen-bond acceptors (Lipinski definition) is 4. The van der Waals surface area contributed by atoms with Gasteiger partial charge in [-0.15, -0.1) is 0 Å². The first-order chi connectivity index (χ1) is 10.6. The van der Waals surface area contributed by atoms with Gasteiger partial charge in [-0.05, 0) is 31.5 Å². The maximum atomic E-state index is 12.4. The van der Waals surface area contributed by atoms with Crippen molar-refractivity contribution in [2.75, 3.05) is 14.2 Å². The van der Waals surface area contributed by atoms with Crippen molar-refractivity contribution in [1.29, 1.82) is 5.26 Å². The molecule has 22 heavy (non-hydrogen) atoms. The van der Waals surface area contributed by atoms with Gasteiger partial charge in [0.2, 0.25) is 0 Å². The van der Waals surface area contributed by atoms with Crippen molar-refractivity contribution >= 4 is 0 Å². The van der Waals surface area contributed by atoms with E-state index in [1.807, 2.05) is 44.2 Å². The van der Waals surface area contributed by atoms with Gasteiger partial charge in [0, 0.05) is 17.8 Å². The Morgan fingerprint density at radius 3 is 2.27 bits per heavy atom. The van der Waals surface area contributed by atoms with Gasteiger partial charge in [-0.3, -0.25) is 4.79 Å². The fourth-order valence-corrected chi connectivity index (χ4v) is 2.59. The summed E-state index contributed by atoms with van der Waals surface area (Å²) in [5.41, 5.74) is 2.10. The van der Waals surface area contributed by atoms with E-state index in [1.54, 1.807) is 11.7 Å². The molecular formula is C17H18N2O3. The Kier molecular flexibility index (Phi) is 4.52. The number of pyridine rings is 1. The van der Waals surface area contributed by atoms with Crippen LogP contribution in [-0.2, 0) is 6.54 Å². The van der Waals surface area contributed by atoms with Crippen molar-refractivity contribution in [3.63, 3.8) is 0 Å². The highest BCUT2D eigenvalue weighted by atomic mass is 16.5. The van der Waals surface area contributed by atoms with Gasteiger partial charge in [-0.25, -0.2) is 0 Å². The molecule has 1 heterocycles. The summed E-state index contributed by atoms with van der Waals surface area (Å²) >= 11 is 0. The van der Waals surface area contributed by atoms with E-state index in [2.05, 4.69) is 0 Å². The molecule has 0 unspecified atom stereocenters. The molecule has 0 amide bonds. The van der Waals surface area contributed by atoms with E-state index < -0.39 is 0 Å². The van der Waals surface area contributed by atoms with Gasteiger partial charge in [0.15, 0.2) is 11.3 Å². The Hall–Kier alpha value is -2.74. The van der Waals surface area contributed by atoms with Gasteiger partial charge in [-0.2, -0.15) is 5.26 Å². The van der Waals surface area contributed by atoms with Gasteiger partial charge in [0.05, 0.1) is 14.2 Å². The topological polar surface area (TPSA) is 64.2 Å². The molecule has 5 heteroatoms. The van der Waals surface area contributed by atoms with Gasteiger partial charge < -0.3 is 14.0 Å². The molecule has 0 aliphatic heterocycles. The van der Waals surface area contributed by atoms with Crippen LogP contribution < -0.4 is 15.0 Å². The predicted molar refractivity (Wildman–Crippen MR) is 84.4 cm³/mol. The first-order valence-corrected chi connectivity index (χ1v) is 6.94. The standard InChI is InChI=1S/C17H18N2O3/c1-5-19-11(2)15(12-6-8-13(21-3)9-7-12)16(22-4)14(10-18)17(19)20/h6-9H,5H2,1-4H3. The van der Waals surface area contributed by atoms with E-state index >= 15 is 0 Å². The number of aromatic nitrogens is 1. The monoisotopic (exact) mass is 298 g/mol. The van der Waals surface area contributed by atoms with E-state index in [0.717, 1.165) is 22.6 Å². The second kappa shape index (κ2) is 6.35. The second-order valence-electron chi connectivity index (χ2n) is 4.76. The Morgan fingerprint density at radius 2 is 1.82 bits per heavy atom. The minimum Gasteiger partial charge on any atom is -0.497 e. The molecule has 0 atom stereocenters. The Labute approximate surface area is 129 Å². The molecule has 114 valence electrons. The van der Waals surface area contributed by atoms with E-state index in [0.29, 0.717) is 12.3 Å². The molecule has 2 aromatic rings. The first kappa shape index (κ1) is 15.6. The zero-order valence-corrected chi connectivity index (χ0v) is 13.1. The summed E-state index contributed by atoms with van der Waals surface area (Å²) < 4.78 is 12.1. The van der Waals surface area contributed by atoms with Gasteiger partial charge >= 0.3 is 0 Å². The highest BCUT2D eigenvalue weighted by Crippen LogP contribution is 2.35. The fraction of sp³-hybridized carbons (Fsp3) is 0.294. The molecule has 1 aromatic heterocycles. The summed E-state index contributed by atoms with van der Waals surface area (Å²) in [6.07, 6.45) is 0. The number of methoxy groups -OCH3 is 2. The van der Waals surface area contributed by atoms with Crippen molar-refractivity contribution in [3.8, 4) is 28.7 Å². The molecule has 0 saturated heterocycles. The SMILES string of the molecule is CCn1c(C)c(-c2ccc(OC)cc2)c(OC)c(C#N)c1=O. The molecule has 5 nitrogen and oxygen atoms in total. The third kappa shape index (κ3) is 2.44. The summed E-state index contributed by atoms with van der Waals surface area (Å²) in [4.78, 5) is 12.4. The van der Waals surface area contributed by atoms with Gasteiger partial charge in [0.25, 0.3) is 5.56 Å². The van der Waals surface area contributed by atoms with E-state index in [-0.39, 0.29) is 11.1 Å². The average Bonchev–Trinajstić information content (AvgIpc) is 2.55. The summed E-state index contributed by atoms with van der Waals surface area (Å²) in [6, 6.07) is 9.40. The van der Waals surface area contributed by atoms with Crippen LogP contribution in [0.3, 0.4) is 0 Å². The quantitative estimate of drug-likeness (QED) is 0.870. The maximum absolute atomic E-state index is 12.4. The van der Waals surface area contributed by atoms with Crippen LogP contribution in [0.5, 0.6) is 11.5 Å². The highest BCUT2D eigenvalue weighted by Gasteiger charge is 2.21. The fourth-order valence-electron chi connectivity index (χ4n) is 2.59. The maximum Gasteiger partial charge on any atom is 0.272 e. The number of ether oxygens (including phenoxy) is 2. The van der Waals surface area contributed by atoms with Crippen molar-refractivity contribution in [2.45, 2.75) is 20.4 Å². The smallest absolute Gasteiger partial charge is 0.272 e. The first-order valence-electron chi connectivity index (χ1n) is 6.94. The summed E-state index contributed by atoms with van der Waals surface area (Å²) in [7, 11) is 3.07. The van der Waals surface area contributed by atoms with Crippen LogP contribution in [0.2, 0.25) is 0 Å². The lowest BCUT2D eigenvalue weighted by Crippen LogP contribution is -2.25. The number of nitrogens with zero attached hydrogens (tertiary/aromatic N) is 2. The van der Waals surface area contributed by atoms with Crippen LogP contribution in [-0.4, -0.2) is 18.8 Å². The number of benzene rings is 1. The summed E-state index contributed by atoms with van der Waals surface area (Å²) in [5, 5.41) is 9.33. The number of hydrogen-bond donors (Lipinski definition) is 0. The number of nitriles is 1. The lowest BCUT2D eigenvalue weighted by molar-refractivity contribution is 0.411. The summed E-state index contributed by atoms with van der Waals surface area (Å²) in [5.74, 6) is 1.06. The molecule has 0 N–H and O–H groups in total. The van der Waals surface area contributed by atoms with Crippen LogP contribution in [0.4, 0.5) is 0 Å². The zero-order chi connectivity index (χ0) is 16.3. The minimum absolute atomic E-state index is 0.0285. The minimum atomic E-state index is -0.323. The normalized spacial score (nSPS) is 10.1. The van der Waals surface area contributed by atoms with Crippen LogP contribution >= 0.6 is 0 Å². The molecule has 0 radical (unpaired) electrons. The van der Waals surface area contributed by atoms with Crippen molar-refractivity contribution in [2.24, 2.45) is 0 Å². The van der Waals surface area contributed by atoms with Crippen LogP contribution in [0, 0.1) is 18.3 Å². The lowest BCUT2D eigenvalue weighted by Gasteiger charge is -2.18. The lowest BCUT2D eigenvalue weighted by atomic mass is 10.00. The van der Waals surface area contributed by atoms with Gasteiger partial charge in [0.1, 0.15) is 11.8 Å². The van der Waals surface area contributed by atoms with Crippen LogP contribution in [0.25, 0.3) is 11.1 Å². The molecule has 2 rings (SSSR count). The molecule has 0 aliphatic rings. The van der Waals surface area contributed by atoms with Crippen LogP contribution in [0.15, 0.2) is 29.1 Å². The molecule has 0 fully saturated rings. The number of rotatable bonds is 4. The van der Waals surface area contributed by atoms with Gasteiger partial charge in [-0.1, -0.05) is 12.1 Å². The molecule has 0 aliphatic carbocycles. The Balaban J connectivity index is 2.83. The van der Waals surface area contributed by atoms with Crippen molar-refractivity contribution in [3.05, 3.63) is 45.9 Å². The zero-order valence-electron chi connectivity index (χ0n) is 13.1. The highest BCUT2D eigenvalue weighted by molar-refractivity contribution is 5.76. The van der Waals surface area contributed by atoms with E-state index in [9.17, 15) is 10.1 Å². The predicted octanol–water partition coefficient (Wildman–Crippen LogP) is 2.73. The average molecular weight is 298 g/mol. The Morgan fingerprint density at radius 1 is 1.18 bits per heavy atom.